The summed E-state index contributed by atoms with van der Waals surface area (Å²) in [5.41, 5.74) is 1.60. The van der Waals surface area contributed by atoms with Crippen molar-refractivity contribution in [1.29, 1.82) is 0 Å². The zero-order valence-corrected chi connectivity index (χ0v) is 9.20. The molecule has 5 heteroatoms. The van der Waals surface area contributed by atoms with Gasteiger partial charge in [-0.2, -0.15) is 0 Å². The van der Waals surface area contributed by atoms with Crippen molar-refractivity contribution in [3.63, 3.8) is 0 Å². The number of aromatic nitrogens is 5. The molecule has 0 N–H and O–H groups in total. The van der Waals surface area contributed by atoms with E-state index in [0.29, 0.717) is 17.3 Å². The van der Waals surface area contributed by atoms with E-state index >= 15 is 0 Å². The average molecular weight is 223 g/mol. The van der Waals surface area contributed by atoms with Crippen LogP contribution in [0.5, 0.6) is 0 Å². The first-order valence-electron chi connectivity index (χ1n) is 5.23. The van der Waals surface area contributed by atoms with Crippen molar-refractivity contribution in [2.45, 2.75) is 6.92 Å². The highest BCUT2D eigenvalue weighted by Gasteiger charge is 2.05. The zero-order chi connectivity index (χ0) is 11.7. The monoisotopic (exact) mass is 223 g/mol. The Labute approximate surface area is 97.6 Å². The highest BCUT2D eigenvalue weighted by molar-refractivity contribution is 5.80. The van der Waals surface area contributed by atoms with Crippen LogP contribution in [-0.2, 0) is 0 Å². The number of rotatable bonds is 1. The summed E-state index contributed by atoms with van der Waals surface area (Å²) in [5, 5.41) is 16.8. The summed E-state index contributed by atoms with van der Waals surface area (Å²) in [4.78, 5) is 4.47. The first-order chi connectivity index (χ1) is 8.33. The minimum Gasteiger partial charge on any atom is -0.244 e. The number of benzene rings is 1. The van der Waals surface area contributed by atoms with Crippen molar-refractivity contribution in [3.05, 3.63) is 42.2 Å². The molecule has 0 amide bonds. The lowest BCUT2D eigenvalue weighted by atomic mass is 10.2. The third kappa shape index (κ3) is 1.82. The van der Waals surface area contributed by atoms with Gasteiger partial charge in [0.05, 0.1) is 5.52 Å². The molecule has 5 nitrogen and oxygen atoms in total. The van der Waals surface area contributed by atoms with Gasteiger partial charge in [0, 0.05) is 5.39 Å². The second-order valence-electron chi connectivity index (χ2n) is 3.66. The van der Waals surface area contributed by atoms with Crippen LogP contribution in [-0.4, -0.2) is 25.4 Å². The Kier molecular flexibility index (Phi) is 2.22. The van der Waals surface area contributed by atoms with Crippen molar-refractivity contribution in [2.75, 3.05) is 0 Å². The molecule has 0 atom stereocenters. The van der Waals surface area contributed by atoms with Crippen LogP contribution < -0.4 is 0 Å². The van der Waals surface area contributed by atoms with Gasteiger partial charge >= 0.3 is 0 Å². The average Bonchev–Trinajstić information content (AvgIpc) is 2.39. The fourth-order valence-electron chi connectivity index (χ4n) is 1.57. The lowest BCUT2D eigenvalue weighted by Crippen LogP contribution is -1.99. The predicted molar refractivity (Wildman–Crippen MR) is 63.1 cm³/mol. The SMILES string of the molecule is Cc1nnc(-c2ccc3ccccc3n2)nn1. The Hall–Kier alpha value is -2.43. The van der Waals surface area contributed by atoms with E-state index < -0.39 is 0 Å². The van der Waals surface area contributed by atoms with Crippen LogP contribution in [0.3, 0.4) is 0 Å². The van der Waals surface area contributed by atoms with Gasteiger partial charge in [0.1, 0.15) is 5.69 Å². The number of hydrogen-bond acceptors (Lipinski definition) is 5. The second kappa shape index (κ2) is 3.86. The number of nitrogens with zero attached hydrogens (tertiary/aromatic N) is 5. The third-order valence-corrected chi connectivity index (χ3v) is 2.41. The molecule has 0 unspecified atom stereocenters. The number of hydrogen-bond donors (Lipinski definition) is 0. The van der Waals surface area contributed by atoms with Crippen LogP contribution in [0.2, 0.25) is 0 Å². The van der Waals surface area contributed by atoms with Gasteiger partial charge in [-0.15, -0.1) is 20.4 Å². The van der Waals surface area contributed by atoms with Crippen molar-refractivity contribution < 1.29 is 0 Å². The van der Waals surface area contributed by atoms with Crippen LogP contribution >= 0.6 is 0 Å². The fourth-order valence-corrected chi connectivity index (χ4v) is 1.57. The lowest BCUT2D eigenvalue weighted by molar-refractivity contribution is 0.813. The summed E-state index contributed by atoms with van der Waals surface area (Å²) in [6, 6.07) is 11.8. The van der Waals surface area contributed by atoms with E-state index in [1.165, 1.54) is 0 Å². The molecule has 3 aromatic rings. The molecule has 0 aliphatic rings. The minimum atomic E-state index is 0.446. The Balaban J connectivity index is 2.14. The number of fused-ring (bicyclic) bond motifs is 1. The molecule has 2 heterocycles. The first kappa shape index (κ1) is 9.77. The topological polar surface area (TPSA) is 64.5 Å². The van der Waals surface area contributed by atoms with E-state index in [2.05, 4.69) is 25.4 Å². The van der Waals surface area contributed by atoms with Crippen molar-refractivity contribution in [2.24, 2.45) is 0 Å². The van der Waals surface area contributed by atoms with Crippen LogP contribution in [0.15, 0.2) is 36.4 Å². The maximum absolute atomic E-state index is 4.47. The number of para-hydroxylation sites is 1. The van der Waals surface area contributed by atoms with Gasteiger partial charge < -0.3 is 0 Å². The molecule has 3 rings (SSSR count). The lowest BCUT2D eigenvalue weighted by Gasteiger charge is -2.00. The fraction of sp³-hybridized carbons (Fsp3) is 0.0833. The number of pyridine rings is 1. The van der Waals surface area contributed by atoms with Crippen molar-refractivity contribution >= 4 is 10.9 Å². The van der Waals surface area contributed by atoms with Gasteiger partial charge in [-0.1, -0.05) is 24.3 Å². The highest BCUT2D eigenvalue weighted by Crippen LogP contribution is 2.16. The molecule has 1 aromatic carbocycles. The molecule has 0 saturated carbocycles. The highest BCUT2D eigenvalue weighted by atomic mass is 15.3. The van der Waals surface area contributed by atoms with E-state index in [1.54, 1.807) is 6.92 Å². The summed E-state index contributed by atoms with van der Waals surface area (Å²) in [7, 11) is 0. The molecule has 0 bridgehead atoms. The maximum atomic E-state index is 4.47. The van der Waals surface area contributed by atoms with Crippen molar-refractivity contribution in [3.8, 4) is 11.5 Å². The van der Waals surface area contributed by atoms with E-state index in [0.717, 1.165) is 10.9 Å². The quantitative estimate of drug-likeness (QED) is 0.629. The van der Waals surface area contributed by atoms with Gasteiger partial charge in [-0.05, 0) is 19.1 Å². The molecule has 0 radical (unpaired) electrons. The molecular formula is C12H9N5. The van der Waals surface area contributed by atoms with E-state index in [4.69, 9.17) is 0 Å². The molecule has 0 spiro atoms. The van der Waals surface area contributed by atoms with Gasteiger partial charge in [0.25, 0.3) is 0 Å². The third-order valence-electron chi connectivity index (χ3n) is 2.41. The predicted octanol–water partition coefficient (Wildman–Crippen LogP) is 1.79. The van der Waals surface area contributed by atoms with Crippen molar-refractivity contribution in [1.82, 2.24) is 25.4 Å². The Morgan fingerprint density at radius 3 is 2.41 bits per heavy atom. The Morgan fingerprint density at radius 2 is 1.59 bits per heavy atom. The normalized spacial score (nSPS) is 10.6. The van der Waals surface area contributed by atoms with E-state index in [-0.39, 0.29) is 0 Å². The summed E-state index contributed by atoms with van der Waals surface area (Å²) in [6.07, 6.45) is 0. The van der Waals surface area contributed by atoms with Gasteiger partial charge in [0.2, 0.25) is 5.82 Å². The summed E-state index contributed by atoms with van der Waals surface area (Å²) in [6.45, 7) is 1.75. The maximum Gasteiger partial charge on any atom is 0.221 e. The molecule has 82 valence electrons. The molecule has 0 aliphatic heterocycles. The van der Waals surface area contributed by atoms with E-state index in [9.17, 15) is 0 Å². The Morgan fingerprint density at radius 1 is 0.824 bits per heavy atom. The summed E-state index contributed by atoms with van der Waals surface area (Å²) < 4.78 is 0. The number of aryl methyl sites for hydroxylation is 1. The van der Waals surface area contributed by atoms with Crippen LogP contribution in [0, 0.1) is 6.92 Å². The van der Waals surface area contributed by atoms with Gasteiger partial charge in [0.15, 0.2) is 5.82 Å². The smallest absolute Gasteiger partial charge is 0.221 e. The van der Waals surface area contributed by atoms with Crippen LogP contribution in [0.1, 0.15) is 5.82 Å². The summed E-state index contributed by atoms with van der Waals surface area (Å²) in [5.74, 6) is 0.996. The summed E-state index contributed by atoms with van der Waals surface area (Å²) >= 11 is 0. The van der Waals surface area contributed by atoms with E-state index in [1.807, 2.05) is 36.4 Å². The van der Waals surface area contributed by atoms with Crippen LogP contribution in [0.4, 0.5) is 0 Å². The molecule has 0 fully saturated rings. The second-order valence-corrected chi connectivity index (χ2v) is 3.66. The first-order valence-corrected chi connectivity index (χ1v) is 5.23. The van der Waals surface area contributed by atoms with Crippen LogP contribution in [0.25, 0.3) is 22.4 Å². The Bertz CT molecular complexity index is 663. The van der Waals surface area contributed by atoms with Gasteiger partial charge in [-0.25, -0.2) is 4.98 Å². The largest absolute Gasteiger partial charge is 0.244 e. The minimum absolute atomic E-state index is 0.446. The molecule has 2 aromatic heterocycles. The molecular weight excluding hydrogens is 214 g/mol. The standard InChI is InChI=1S/C12H9N5/c1-8-14-16-12(17-15-8)11-7-6-9-4-2-3-5-10(9)13-11/h2-7H,1H3. The van der Waals surface area contributed by atoms with Gasteiger partial charge in [-0.3, -0.25) is 0 Å². The molecule has 0 aliphatic carbocycles. The zero-order valence-electron chi connectivity index (χ0n) is 9.20. The molecule has 0 saturated heterocycles. The molecule has 17 heavy (non-hydrogen) atoms.